The molecule has 0 atom stereocenters. The lowest BCUT2D eigenvalue weighted by Gasteiger charge is -2.13. The van der Waals surface area contributed by atoms with Crippen molar-refractivity contribution in [2.45, 2.75) is 31.7 Å². The van der Waals surface area contributed by atoms with Gasteiger partial charge in [0.05, 0.1) is 6.54 Å². The van der Waals surface area contributed by atoms with Gasteiger partial charge >= 0.3 is 0 Å². The molecular formula is C17H20N2O2. The van der Waals surface area contributed by atoms with Crippen molar-refractivity contribution in [2.24, 2.45) is 0 Å². The molecule has 3 rings (SSSR count). The van der Waals surface area contributed by atoms with Crippen molar-refractivity contribution in [3.05, 3.63) is 36.4 Å². The first-order chi connectivity index (χ1) is 10.2. The molecule has 4 nitrogen and oxygen atoms in total. The Bertz CT molecular complexity index is 648. The minimum atomic E-state index is -0.0438. The van der Waals surface area contributed by atoms with Crippen LogP contribution in [0.1, 0.15) is 25.7 Å². The molecule has 1 amide bonds. The Balaban J connectivity index is 1.69. The monoisotopic (exact) mass is 284 g/mol. The van der Waals surface area contributed by atoms with Crippen LogP contribution in [0.15, 0.2) is 36.4 Å². The van der Waals surface area contributed by atoms with Crippen molar-refractivity contribution in [1.29, 1.82) is 0 Å². The molecule has 1 aliphatic rings. The highest BCUT2D eigenvalue weighted by Crippen LogP contribution is 2.29. The van der Waals surface area contributed by atoms with E-state index in [9.17, 15) is 9.90 Å². The van der Waals surface area contributed by atoms with Gasteiger partial charge in [0.1, 0.15) is 5.75 Å². The minimum Gasteiger partial charge on any atom is -0.507 e. The fraction of sp³-hybridized carbons (Fsp3) is 0.353. The Morgan fingerprint density at radius 1 is 1.10 bits per heavy atom. The van der Waals surface area contributed by atoms with Crippen molar-refractivity contribution in [3.8, 4) is 5.75 Å². The van der Waals surface area contributed by atoms with Crippen LogP contribution in [-0.4, -0.2) is 23.6 Å². The molecule has 0 heterocycles. The maximum atomic E-state index is 12.1. The summed E-state index contributed by atoms with van der Waals surface area (Å²) in [6.45, 7) is 0.333. The molecule has 0 bridgehead atoms. The first-order valence-corrected chi connectivity index (χ1v) is 7.48. The predicted molar refractivity (Wildman–Crippen MR) is 84.5 cm³/mol. The number of rotatable bonds is 4. The standard InChI is InChI=1S/C17H20N2O2/c20-16-10-4-7-13-14(16)8-3-9-15(13)19-17(21)11-18-12-5-1-2-6-12/h3-4,7-10,12,18,20H,1-2,5-6,11H2,(H,19,21). The number of phenolic OH excluding ortho intramolecular Hbond substituents is 1. The molecule has 0 radical (unpaired) electrons. The number of anilines is 1. The van der Waals surface area contributed by atoms with Crippen LogP contribution < -0.4 is 10.6 Å². The number of nitrogens with one attached hydrogen (secondary N) is 2. The lowest BCUT2D eigenvalue weighted by atomic mass is 10.1. The van der Waals surface area contributed by atoms with Crippen LogP contribution in [-0.2, 0) is 4.79 Å². The van der Waals surface area contributed by atoms with E-state index in [-0.39, 0.29) is 11.7 Å². The molecule has 0 aliphatic heterocycles. The molecule has 21 heavy (non-hydrogen) atoms. The fourth-order valence-corrected chi connectivity index (χ4v) is 2.96. The van der Waals surface area contributed by atoms with Gasteiger partial charge in [0.25, 0.3) is 0 Å². The van der Waals surface area contributed by atoms with E-state index in [1.165, 1.54) is 12.8 Å². The Hall–Kier alpha value is -2.07. The third-order valence-corrected chi connectivity index (χ3v) is 4.08. The summed E-state index contributed by atoms with van der Waals surface area (Å²) >= 11 is 0. The van der Waals surface area contributed by atoms with Crippen molar-refractivity contribution < 1.29 is 9.90 Å². The lowest BCUT2D eigenvalue weighted by molar-refractivity contribution is -0.115. The SMILES string of the molecule is O=C(CNC1CCCC1)Nc1cccc2c(O)cccc12. The number of aromatic hydroxyl groups is 1. The van der Waals surface area contributed by atoms with Crippen LogP contribution in [0.4, 0.5) is 5.69 Å². The number of carbonyl (C=O) groups is 1. The number of amides is 1. The molecule has 1 aliphatic carbocycles. The predicted octanol–water partition coefficient (Wildman–Crippen LogP) is 3.02. The van der Waals surface area contributed by atoms with E-state index in [1.54, 1.807) is 12.1 Å². The Morgan fingerprint density at radius 2 is 1.81 bits per heavy atom. The molecule has 0 unspecified atom stereocenters. The normalized spacial score (nSPS) is 15.4. The zero-order valence-electron chi connectivity index (χ0n) is 11.9. The topological polar surface area (TPSA) is 61.4 Å². The zero-order chi connectivity index (χ0) is 14.7. The first kappa shape index (κ1) is 13.9. The Kier molecular flexibility index (Phi) is 4.06. The van der Waals surface area contributed by atoms with E-state index in [1.807, 2.05) is 24.3 Å². The summed E-state index contributed by atoms with van der Waals surface area (Å²) in [5, 5.41) is 17.7. The molecule has 110 valence electrons. The van der Waals surface area contributed by atoms with Crippen LogP contribution in [0, 0.1) is 0 Å². The molecule has 2 aromatic carbocycles. The fourth-order valence-electron chi connectivity index (χ4n) is 2.96. The van der Waals surface area contributed by atoms with Crippen molar-refractivity contribution >= 4 is 22.4 Å². The van der Waals surface area contributed by atoms with Gasteiger partial charge in [0.2, 0.25) is 5.91 Å². The van der Waals surface area contributed by atoms with E-state index >= 15 is 0 Å². The van der Waals surface area contributed by atoms with Gasteiger partial charge in [-0.25, -0.2) is 0 Å². The van der Waals surface area contributed by atoms with Gasteiger partial charge < -0.3 is 15.7 Å². The van der Waals surface area contributed by atoms with E-state index < -0.39 is 0 Å². The van der Waals surface area contributed by atoms with Crippen LogP contribution in [0.5, 0.6) is 5.75 Å². The average molecular weight is 284 g/mol. The van der Waals surface area contributed by atoms with Crippen LogP contribution in [0.2, 0.25) is 0 Å². The number of hydrogen-bond acceptors (Lipinski definition) is 3. The summed E-state index contributed by atoms with van der Waals surface area (Å²) in [6, 6.07) is 11.3. The van der Waals surface area contributed by atoms with Crippen molar-refractivity contribution in [2.75, 3.05) is 11.9 Å². The quantitative estimate of drug-likeness (QED) is 0.808. The molecular weight excluding hydrogens is 264 g/mol. The van der Waals surface area contributed by atoms with Crippen molar-refractivity contribution in [3.63, 3.8) is 0 Å². The summed E-state index contributed by atoms with van der Waals surface area (Å²) in [6.07, 6.45) is 4.83. The molecule has 0 aromatic heterocycles. The van der Waals surface area contributed by atoms with Gasteiger partial charge in [0, 0.05) is 22.5 Å². The van der Waals surface area contributed by atoms with Gasteiger partial charge in [-0.2, -0.15) is 0 Å². The highest BCUT2D eigenvalue weighted by Gasteiger charge is 2.15. The average Bonchev–Trinajstić information content (AvgIpc) is 3.00. The maximum absolute atomic E-state index is 12.1. The molecule has 0 spiro atoms. The molecule has 1 fully saturated rings. The van der Waals surface area contributed by atoms with E-state index in [0.717, 1.165) is 29.3 Å². The second-order valence-corrected chi connectivity index (χ2v) is 5.59. The van der Waals surface area contributed by atoms with Crippen LogP contribution >= 0.6 is 0 Å². The summed E-state index contributed by atoms with van der Waals surface area (Å²) in [7, 11) is 0. The van der Waals surface area contributed by atoms with Crippen molar-refractivity contribution in [1.82, 2.24) is 5.32 Å². The summed E-state index contributed by atoms with van der Waals surface area (Å²) < 4.78 is 0. The van der Waals surface area contributed by atoms with Gasteiger partial charge in [0.15, 0.2) is 0 Å². The number of phenols is 1. The van der Waals surface area contributed by atoms with Crippen LogP contribution in [0.25, 0.3) is 10.8 Å². The van der Waals surface area contributed by atoms with Gasteiger partial charge in [-0.05, 0) is 25.0 Å². The van der Waals surface area contributed by atoms with Gasteiger partial charge in [-0.15, -0.1) is 0 Å². The number of fused-ring (bicyclic) bond motifs is 1. The summed E-state index contributed by atoms with van der Waals surface area (Å²) in [4.78, 5) is 12.1. The molecule has 0 saturated heterocycles. The Labute approximate surface area is 124 Å². The van der Waals surface area contributed by atoms with Gasteiger partial charge in [-0.1, -0.05) is 37.1 Å². The summed E-state index contributed by atoms with van der Waals surface area (Å²) in [5.41, 5.74) is 0.738. The third-order valence-electron chi connectivity index (χ3n) is 4.08. The first-order valence-electron chi connectivity index (χ1n) is 7.48. The number of hydrogen-bond donors (Lipinski definition) is 3. The lowest BCUT2D eigenvalue weighted by Crippen LogP contribution is -2.34. The Morgan fingerprint density at radius 3 is 2.62 bits per heavy atom. The highest BCUT2D eigenvalue weighted by molar-refractivity contribution is 6.04. The highest BCUT2D eigenvalue weighted by atomic mass is 16.3. The molecule has 2 aromatic rings. The largest absolute Gasteiger partial charge is 0.507 e. The summed E-state index contributed by atoms with van der Waals surface area (Å²) in [5.74, 6) is 0.186. The van der Waals surface area contributed by atoms with E-state index in [2.05, 4.69) is 10.6 Å². The van der Waals surface area contributed by atoms with E-state index in [0.29, 0.717) is 12.6 Å². The van der Waals surface area contributed by atoms with Gasteiger partial charge in [-0.3, -0.25) is 4.79 Å². The second kappa shape index (κ2) is 6.14. The molecule has 3 N–H and O–H groups in total. The smallest absolute Gasteiger partial charge is 0.238 e. The molecule has 1 saturated carbocycles. The van der Waals surface area contributed by atoms with Crippen LogP contribution in [0.3, 0.4) is 0 Å². The number of carbonyl (C=O) groups excluding carboxylic acids is 1. The minimum absolute atomic E-state index is 0.0438. The third kappa shape index (κ3) is 3.16. The molecule has 4 heteroatoms. The maximum Gasteiger partial charge on any atom is 0.238 e. The second-order valence-electron chi connectivity index (χ2n) is 5.59. The van der Waals surface area contributed by atoms with E-state index in [4.69, 9.17) is 0 Å². The number of benzene rings is 2. The zero-order valence-corrected chi connectivity index (χ0v) is 11.9.